The number of hydrazine groups is 1. The lowest BCUT2D eigenvalue weighted by molar-refractivity contribution is 0.102. The van der Waals surface area contributed by atoms with Gasteiger partial charge >= 0.3 is 0 Å². The highest BCUT2D eigenvalue weighted by Gasteiger charge is 2.14. The topological polar surface area (TPSA) is 49.9 Å². The molecule has 1 saturated heterocycles. The first-order valence-corrected chi connectivity index (χ1v) is 8.85. The van der Waals surface area contributed by atoms with Gasteiger partial charge in [0, 0.05) is 32.4 Å². The maximum absolute atomic E-state index is 5.38. The predicted molar refractivity (Wildman–Crippen MR) is 96.6 cm³/mol. The van der Waals surface area contributed by atoms with Gasteiger partial charge in [0.25, 0.3) is 0 Å². The van der Waals surface area contributed by atoms with Crippen LogP contribution in [0.2, 0.25) is 0 Å². The minimum atomic E-state index is 0.737. The Morgan fingerprint density at radius 1 is 1.12 bits per heavy atom. The van der Waals surface area contributed by atoms with Gasteiger partial charge in [-0.15, -0.1) is 11.3 Å². The molecule has 3 rings (SSSR count). The number of methoxy groups -OCH3 is 2. The summed E-state index contributed by atoms with van der Waals surface area (Å²) in [6.07, 6.45) is 1.92. The Labute approximate surface area is 147 Å². The number of hydrogen-bond donors (Lipinski definition) is 1. The van der Waals surface area contributed by atoms with Crippen LogP contribution in [0, 0.1) is 0 Å². The molecule has 0 spiro atoms. The van der Waals surface area contributed by atoms with Crippen LogP contribution >= 0.6 is 11.3 Å². The van der Waals surface area contributed by atoms with Gasteiger partial charge in [0.15, 0.2) is 11.5 Å². The molecule has 24 heavy (non-hydrogen) atoms. The largest absolute Gasteiger partial charge is 0.493 e. The summed E-state index contributed by atoms with van der Waals surface area (Å²) in [6, 6.07) is 5.95. The van der Waals surface area contributed by atoms with Gasteiger partial charge in [-0.1, -0.05) is 0 Å². The van der Waals surface area contributed by atoms with Crippen LogP contribution in [0.15, 0.2) is 24.4 Å². The summed E-state index contributed by atoms with van der Waals surface area (Å²) < 4.78 is 10.7. The zero-order valence-corrected chi connectivity index (χ0v) is 15.2. The lowest BCUT2D eigenvalue weighted by atomic mass is 10.2. The van der Waals surface area contributed by atoms with Crippen LogP contribution in [0.4, 0.5) is 0 Å². The highest BCUT2D eigenvalue weighted by Crippen LogP contribution is 2.34. The molecule has 1 fully saturated rings. The van der Waals surface area contributed by atoms with Gasteiger partial charge in [0.2, 0.25) is 0 Å². The minimum absolute atomic E-state index is 0.737. The molecule has 2 heterocycles. The molecular weight excluding hydrogens is 324 g/mol. The molecule has 130 valence electrons. The average molecular weight is 348 g/mol. The summed E-state index contributed by atoms with van der Waals surface area (Å²) in [7, 11) is 5.46. The Hall–Kier alpha value is -1.67. The van der Waals surface area contributed by atoms with E-state index in [2.05, 4.69) is 27.4 Å². The van der Waals surface area contributed by atoms with E-state index in [0.717, 1.165) is 59.7 Å². The van der Waals surface area contributed by atoms with E-state index in [1.54, 1.807) is 25.6 Å². The quantitative estimate of drug-likeness (QED) is 0.863. The van der Waals surface area contributed by atoms with Crippen LogP contribution in [0.25, 0.3) is 10.4 Å². The van der Waals surface area contributed by atoms with Crippen LogP contribution in [0.3, 0.4) is 0 Å². The van der Waals surface area contributed by atoms with Crippen molar-refractivity contribution in [2.75, 3.05) is 47.4 Å². The highest BCUT2D eigenvalue weighted by molar-refractivity contribution is 7.15. The van der Waals surface area contributed by atoms with Crippen molar-refractivity contribution in [2.24, 2.45) is 0 Å². The average Bonchev–Trinajstić information content (AvgIpc) is 3.09. The van der Waals surface area contributed by atoms with E-state index in [-0.39, 0.29) is 0 Å². The third kappa shape index (κ3) is 4.05. The van der Waals surface area contributed by atoms with E-state index >= 15 is 0 Å². The SMILES string of the molecule is COc1ccc(-c2cnc(CNN3CCN(C)CC3)s2)cc1OC. The van der Waals surface area contributed by atoms with Gasteiger partial charge in [-0.2, -0.15) is 0 Å². The fourth-order valence-electron chi connectivity index (χ4n) is 2.66. The molecule has 1 aliphatic rings. The second-order valence-corrected chi connectivity index (χ2v) is 6.93. The molecule has 1 aromatic carbocycles. The Morgan fingerprint density at radius 2 is 1.88 bits per heavy atom. The molecular formula is C17H24N4O2S. The second-order valence-electron chi connectivity index (χ2n) is 5.81. The minimum Gasteiger partial charge on any atom is -0.493 e. The first kappa shape index (κ1) is 17.2. The van der Waals surface area contributed by atoms with Crippen molar-refractivity contribution in [3.63, 3.8) is 0 Å². The Balaban J connectivity index is 1.63. The molecule has 1 aliphatic heterocycles. The number of ether oxygens (including phenoxy) is 2. The molecule has 0 radical (unpaired) electrons. The van der Waals surface area contributed by atoms with Gasteiger partial charge in [0.05, 0.1) is 25.6 Å². The van der Waals surface area contributed by atoms with E-state index in [1.807, 2.05) is 24.4 Å². The van der Waals surface area contributed by atoms with Crippen molar-refractivity contribution in [1.29, 1.82) is 0 Å². The van der Waals surface area contributed by atoms with Crippen LogP contribution in [-0.4, -0.2) is 62.3 Å². The Kier molecular flexibility index (Phi) is 5.68. The second kappa shape index (κ2) is 7.94. The van der Waals surface area contributed by atoms with Crippen molar-refractivity contribution < 1.29 is 9.47 Å². The zero-order valence-electron chi connectivity index (χ0n) is 14.4. The maximum atomic E-state index is 5.38. The summed E-state index contributed by atoms with van der Waals surface area (Å²) in [4.78, 5) is 8.01. The normalized spacial score (nSPS) is 16.3. The number of rotatable bonds is 6. The number of nitrogens with one attached hydrogen (secondary N) is 1. The van der Waals surface area contributed by atoms with Crippen LogP contribution < -0.4 is 14.9 Å². The number of thiazole rings is 1. The monoisotopic (exact) mass is 348 g/mol. The van der Waals surface area contributed by atoms with Gasteiger partial charge in [-0.25, -0.2) is 15.4 Å². The van der Waals surface area contributed by atoms with Crippen molar-refractivity contribution in [3.8, 4) is 21.9 Å². The highest BCUT2D eigenvalue weighted by atomic mass is 32.1. The summed E-state index contributed by atoms with van der Waals surface area (Å²) in [5, 5.41) is 3.36. The fourth-order valence-corrected chi connectivity index (χ4v) is 3.51. The number of hydrogen-bond acceptors (Lipinski definition) is 7. The number of piperazine rings is 1. The Bertz CT molecular complexity index is 668. The molecule has 0 atom stereocenters. The van der Waals surface area contributed by atoms with Gasteiger partial charge in [-0.05, 0) is 30.8 Å². The summed E-state index contributed by atoms with van der Waals surface area (Å²) >= 11 is 1.70. The smallest absolute Gasteiger partial charge is 0.161 e. The van der Waals surface area contributed by atoms with Crippen molar-refractivity contribution in [3.05, 3.63) is 29.4 Å². The molecule has 0 bridgehead atoms. The lowest BCUT2D eigenvalue weighted by Gasteiger charge is -2.32. The number of likely N-dealkylation sites (N-methyl/N-ethyl adjacent to an activating group) is 1. The first-order valence-electron chi connectivity index (χ1n) is 8.03. The zero-order chi connectivity index (χ0) is 16.9. The molecule has 0 unspecified atom stereocenters. The summed E-state index contributed by atoms with van der Waals surface area (Å²) in [5.41, 5.74) is 4.57. The van der Waals surface area contributed by atoms with E-state index < -0.39 is 0 Å². The van der Waals surface area contributed by atoms with Gasteiger partial charge in [0.1, 0.15) is 5.01 Å². The number of benzene rings is 1. The molecule has 7 heteroatoms. The maximum Gasteiger partial charge on any atom is 0.161 e. The standard InChI is InChI=1S/C17H24N4O2S/c1-20-6-8-21(9-7-20)19-12-17-18-11-16(24-17)13-4-5-14(22-2)15(10-13)23-3/h4-5,10-11,19H,6-9,12H2,1-3H3. The first-order chi connectivity index (χ1) is 11.7. The molecule has 0 amide bonds. The van der Waals surface area contributed by atoms with Crippen molar-refractivity contribution in [2.45, 2.75) is 6.54 Å². The Morgan fingerprint density at radius 3 is 2.58 bits per heavy atom. The van der Waals surface area contributed by atoms with Gasteiger partial charge < -0.3 is 14.4 Å². The molecule has 6 nitrogen and oxygen atoms in total. The fraction of sp³-hybridized carbons (Fsp3) is 0.471. The van der Waals surface area contributed by atoms with E-state index in [0.29, 0.717) is 0 Å². The summed E-state index contributed by atoms with van der Waals surface area (Å²) in [6.45, 7) is 5.06. The number of aromatic nitrogens is 1. The van der Waals surface area contributed by atoms with E-state index in [9.17, 15) is 0 Å². The molecule has 1 aromatic heterocycles. The molecule has 0 aliphatic carbocycles. The van der Waals surface area contributed by atoms with Crippen molar-refractivity contribution in [1.82, 2.24) is 20.3 Å². The number of nitrogens with zero attached hydrogens (tertiary/aromatic N) is 3. The van der Waals surface area contributed by atoms with Gasteiger partial charge in [-0.3, -0.25) is 0 Å². The van der Waals surface area contributed by atoms with Crippen molar-refractivity contribution >= 4 is 11.3 Å². The molecule has 0 saturated carbocycles. The molecule has 2 aromatic rings. The van der Waals surface area contributed by atoms with E-state index in [1.165, 1.54) is 0 Å². The van der Waals surface area contributed by atoms with Crippen LogP contribution in [-0.2, 0) is 6.54 Å². The molecule has 1 N–H and O–H groups in total. The summed E-state index contributed by atoms with van der Waals surface area (Å²) in [5.74, 6) is 1.48. The van der Waals surface area contributed by atoms with Crippen LogP contribution in [0.5, 0.6) is 11.5 Å². The third-order valence-corrected chi connectivity index (χ3v) is 5.23. The lowest BCUT2D eigenvalue weighted by Crippen LogP contribution is -2.50. The van der Waals surface area contributed by atoms with Crippen LogP contribution in [0.1, 0.15) is 5.01 Å². The predicted octanol–water partition coefficient (Wildman–Crippen LogP) is 2.08. The van der Waals surface area contributed by atoms with E-state index in [4.69, 9.17) is 9.47 Å². The third-order valence-electron chi connectivity index (χ3n) is 4.18.